The van der Waals surface area contributed by atoms with Crippen LogP contribution in [0.2, 0.25) is 5.02 Å². The molecule has 3 N–H and O–H groups in total. The lowest BCUT2D eigenvalue weighted by Gasteiger charge is -2.22. The number of halogens is 1. The molecule has 0 aliphatic heterocycles. The van der Waals surface area contributed by atoms with Gasteiger partial charge in [0.15, 0.2) is 0 Å². The largest absolute Gasteiger partial charge is 0.491 e. The molecular weight excluding hydrogens is 266 g/mol. The lowest BCUT2D eigenvalue weighted by Crippen LogP contribution is -2.42. The molecule has 0 spiro atoms. The number of rotatable bonds is 8. The van der Waals surface area contributed by atoms with Crippen molar-refractivity contribution in [3.63, 3.8) is 0 Å². The van der Waals surface area contributed by atoms with Crippen LogP contribution in [0.5, 0.6) is 5.75 Å². The minimum atomic E-state index is -0.633. The predicted octanol–water partition coefficient (Wildman–Crippen LogP) is 1.69. The summed E-state index contributed by atoms with van der Waals surface area (Å²) in [6.07, 6.45) is -0.633. The second-order valence-electron chi connectivity index (χ2n) is 4.86. The van der Waals surface area contributed by atoms with E-state index in [2.05, 4.69) is 5.32 Å². The van der Waals surface area contributed by atoms with E-state index in [1.165, 1.54) is 0 Å². The number of ether oxygens (including phenoxy) is 1. The van der Waals surface area contributed by atoms with Crippen molar-refractivity contribution >= 4 is 11.6 Å². The van der Waals surface area contributed by atoms with Gasteiger partial charge in [0.2, 0.25) is 0 Å². The van der Waals surface area contributed by atoms with Gasteiger partial charge in [0.05, 0.1) is 6.61 Å². The molecule has 0 aliphatic carbocycles. The Labute approximate surface area is 119 Å². The van der Waals surface area contributed by atoms with Gasteiger partial charge in [-0.2, -0.15) is 0 Å². The number of aliphatic hydroxyl groups is 2. The molecule has 0 amide bonds. The highest BCUT2D eigenvalue weighted by Gasteiger charge is 2.13. The van der Waals surface area contributed by atoms with Crippen molar-refractivity contribution in [3.05, 3.63) is 29.3 Å². The van der Waals surface area contributed by atoms with E-state index in [4.69, 9.17) is 21.4 Å². The van der Waals surface area contributed by atoms with Crippen molar-refractivity contribution in [1.29, 1.82) is 0 Å². The highest BCUT2D eigenvalue weighted by molar-refractivity contribution is 6.30. The number of aliphatic hydroxyl groups excluding tert-OH is 2. The smallest absolute Gasteiger partial charge is 0.120 e. The Kier molecular flexibility index (Phi) is 7.16. The van der Waals surface area contributed by atoms with Gasteiger partial charge >= 0.3 is 0 Å². The highest BCUT2D eigenvalue weighted by Crippen LogP contribution is 2.17. The van der Waals surface area contributed by atoms with Crippen molar-refractivity contribution in [1.82, 2.24) is 5.32 Å². The predicted molar refractivity (Wildman–Crippen MR) is 76.7 cm³/mol. The third-order valence-corrected chi connectivity index (χ3v) is 3.09. The van der Waals surface area contributed by atoms with Crippen LogP contribution in [0.3, 0.4) is 0 Å². The summed E-state index contributed by atoms with van der Waals surface area (Å²) in [7, 11) is 0. The molecule has 0 aliphatic rings. The van der Waals surface area contributed by atoms with Crippen LogP contribution in [0.15, 0.2) is 24.3 Å². The summed E-state index contributed by atoms with van der Waals surface area (Å²) in [5.41, 5.74) is 0. The van der Waals surface area contributed by atoms with Gasteiger partial charge in [-0.1, -0.05) is 31.5 Å². The van der Waals surface area contributed by atoms with Gasteiger partial charge in [-0.15, -0.1) is 0 Å². The SMILES string of the molecule is CC(C)C(CO)NCC(O)COc1cccc(Cl)c1. The van der Waals surface area contributed by atoms with Crippen molar-refractivity contribution < 1.29 is 14.9 Å². The van der Waals surface area contributed by atoms with E-state index < -0.39 is 6.10 Å². The van der Waals surface area contributed by atoms with Crippen molar-refractivity contribution in [2.45, 2.75) is 26.0 Å². The molecule has 19 heavy (non-hydrogen) atoms. The molecule has 1 aromatic carbocycles. The maximum Gasteiger partial charge on any atom is 0.120 e. The van der Waals surface area contributed by atoms with Gasteiger partial charge in [-0.3, -0.25) is 0 Å². The highest BCUT2D eigenvalue weighted by atomic mass is 35.5. The van der Waals surface area contributed by atoms with Crippen LogP contribution < -0.4 is 10.1 Å². The zero-order valence-corrected chi connectivity index (χ0v) is 12.1. The third-order valence-electron chi connectivity index (χ3n) is 2.86. The fraction of sp³-hybridized carbons (Fsp3) is 0.571. The van der Waals surface area contributed by atoms with E-state index in [1.807, 2.05) is 13.8 Å². The van der Waals surface area contributed by atoms with Crippen LogP contribution in [0.25, 0.3) is 0 Å². The van der Waals surface area contributed by atoms with E-state index in [9.17, 15) is 5.11 Å². The van der Waals surface area contributed by atoms with Gasteiger partial charge < -0.3 is 20.3 Å². The second-order valence-corrected chi connectivity index (χ2v) is 5.30. The second kappa shape index (κ2) is 8.38. The van der Waals surface area contributed by atoms with Crippen LogP contribution in [-0.2, 0) is 0 Å². The quantitative estimate of drug-likeness (QED) is 0.681. The van der Waals surface area contributed by atoms with Crippen molar-refractivity contribution in [3.8, 4) is 5.75 Å². The zero-order chi connectivity index (χ0) is 14.3. The normalized spacial score (nSPS) is 14.4. The summed E-state index contributed by atoms with van der Waals surface area (Å²) in [4.78, 5) is 0. The Bertz CT molecular complexity index is 373. The molecule has 2 unspecified atom stereocenters. The van der Waals surface area contributed by atoms with E-state index in [1.54, 1.807) is 24.3 Å². The van der Waals surface area contributed by atoms with E-state index in [0.717, 1.165) is 0 Å². The van der Waals surface area contributed by atoms with Crippen LogP contribution in [0, 0.1) is 5.92 Å². The molecule has 0 radical (unpaired) electrons. The van der Waals surface area contributed by atoms with E-state index >= 15 is 0 Å². The summed E-state index contributed by atoms with van der Waals surface area (Å²) in [5, 5.41) is 22.7. The Hall–Kier alpha value is -0.810. The monoisotopic (exact) mass is 287 g/mol. The summed E-state index contributed by atoms with van der Waals surface area (Å²) in [6.45, 7) is 4.65. The Balaban J connectivity index is 2.29. The molecule has 5 heteroatoms. The molecule has 1 aromatic rings. The average molecular weight is 288 g/mol. The summed E-state index contributed by atoms with van der Waals surface area (Å²) in [5.74, 6) is 0.945. The standard InChI is InChI=1S/C14H22ClNO3/c1-10(2)14(8-17)16-7-12(18)9-19-13-5-3-4-11(15)6-13/h3-6,10,12,14,16-18H,7-9H2,1-2H3. The van der Waals surface area contributed by atoms with E-state index in [-0.39, 0.29) is 19.3 Å². The molecule has 0 heterocycles. The summed E-state index contributed by atoms with van der Waals surface area (Å²) in [6, 6.07) is 7.04. The number of nitrogens with one attached hydrogen (secondary N) is 1. The minimum absolute atomic E-state index is 0.0131. The maximum absolute atomic E-state index is 9.80. The Morgan fingerprint density at radius 3 is 2.68 bits per heavy atom. The van der Waals surface area contributed by atoms with Gasteiger partial charge in [0, 0.05) is 17.6 Å². The number of hydrogen-bond acceptors (Lipinski definition) is 4. The minimum Gasteiger partial charge on any atom is -0.491 e. The first kappa shape index (κ1) is 16.2. The molecule has 0 saturated carbocycles. The first-order valence-electron chi connectivity index (χ1n) is 6.43. The summed E-state index contributed by atoms with van der Waals surface area (Å²) < 4.78 is 5.44. The van der Waals surface area contributed by atoms with Crippen molar-refractivity contribution in [2.75, 3.05) is 19.8 Å². The van der Waals surface area contributed by atoms with Crippen LogP contribution in [0.1, 0.15) is 13.8 Å². The summed E-state index contributed by atoms with van der Waals surface area (Å²) >= 11 is 5.83. The number of hydrogen-bond donors (Lipinski definition) is 3. The Morgan fingerprint density at radius 2 is 2.11 bits per heavy atom. The molecular formula is C14H22ClNO3. The molecule has 0 fully saturated rings. The molecule has 0 aromatic heterocycles. The molecule has 1 rings (SSSR count). The first-order chi connectivity index (χ1) is 9.02. The molecule has 0 bridgehead atoms. The van der Waals surface area contributed by atoms with Gasteiger partial charge in [0.25, 0.3) is 0 Å². The topological polar surface area (TPSA) is 61.7 Å². The van der Waals surface area contributed by atoms with Crippen molar-refractivity contribution in [2.24, 2.45) is 5.92 Å². The molecule has 2 atom stereocenters. The number of benzene rings is 1. The zero-order valence-electron chi connectivity index (χ0n) is 11.3. The first-order valence-corrected chi connectivity index (χ1v) is 6.81. The lowest BCUT2D eigenvalue weighted by atomic mass is 10.1. The molecule has 0 saturated heterocycles. The van der Waals surface area contributed by atoms with Crippen LogP contribution in [-0.4, -0.2) is 42.1 Å². The fourth-order valence-electron chi connectivity index (χ4n) is 1.61. The van der Waals surface area contributed by atoms with Gasteiger partial charge in [-0.25, -0.2) is 0 Å². The molecule has 4 nitrogen and oxygen atoms in total. The van der Waals surface area contributed by atoms with Crippen LogP contribution in [0.4, 0.5) is 0 Å². The van der Waals surface area contributed by atoms with Crippen LogP contribution >= 0.6 is 11.6 Å². The lowest BCUT2D eigenvalue weighted by molar-refractivity contribution is 0.0962. The third kappa shape index (κ3) is 6.25. The average Bonchev–Trinajstić information content (AvgIpc) is 2.37. The fourth-order valence-corrected chi connectivity index (χ4v) is 1.79. The molecule has 108 valence electrons. The van der Waals surface area contributed by atoms with Gasteiger partial charge in [0.1, 0.15) is 18.5 Å². The van der Waals surface area contributed by atoms with Gasteiger partial charge in [-0.05, 0) is 24.1 Å². The Morgan fingerprint density at radius 1 is 1.37 bits per heavy atom. The maximum atomic E-state index is 9.80. The van der Waals surface area contributed by atoms with E-state index in [0.29, 0.717) is 23.2 Å².